The monoisotopic (exact) mass is 324 g/mol. The fraction of sp³-hybridized carbons (Fsp3) is 0.111. The number of aromatic amines is 1. The average Bonchev–Trinajstić information content (AvgIpc) is 2.98. The van der Waals surface area contributed by atoms with Gasteiger partial charge in [-0.15, -0.1) is 0 Å². The van der Waals surface area contributed by atoms with E-state index in [0.29, 0.717) is 16.9 Å². The Morgan fingerprint density at radius 3 is 2.70 bits per heavy atom. The van der Waals surface area contributed by atoms with E-state index in [0.717, 1.165) is 16.9 Å². The number of H-pyrrole nitrogens is 1. The molecule has 0 aliphatic carbocycles. The molecule has 0 fully saturated rings. The normalized spacial score (nSPS) is 10.5. The number of benzene rings is 2. The van der Waals surface area contributed by atoms with E-state index in [1.54, 1.807) is 19.1 Å². The first-order valence-electron chi connectivity index (χ1n) is 7.33. The van der Waals surface area contributed by atoms with Crippen LogP contribution in [0.1, 0.15) is 17.3 Å². The molecule has 116 valence electrons. The number of nitrogens with one attached hydrogen (secondary N) is 1. The SMILES string of the molecule is CCOC(=O)c1cccc(-n2cc(-c3ccccc3)[nH]c2=S)c1. The largest absolute Gasteiger partial charge is 0.462 e. The van der Waals surface area contributed by atoms with Gasteiger partial charge in [-0.2, -0.15) is 0 Å². The summed E-state index contributed by atoms with van der Waals surface area (Å²) in [6.45, 7) is 2.14. The number of imidazole rings is 1. The van der Waals surface area contributed by atoms with Crippen LogP contribution in [0.5, 0.6) is 0 Å². The van der Waals surface area contributed by atoms with Crippen molar-refractivity contribution >= 4 is 18.2 Å². The first-order valence-corrected chi connectivity index (χ1v) is 7.74. The van der Waals surface area contributed by atoms with Gasteiger partial charge in [0.15, 0.2) is 4.77 Å². The fourth-order valence-corrected chi connectivity index (χ4v) is 2.62. The maximum absolute atomic E-state index is 11.9. The van der Waals surface area contributed by atoms with Crippen LogP contribution in [0.4, 0.5) is 0 Å². The molecule has 0 bridgehead atoms. The Hall–Kier alpha value is -2.66. The van der Waals surface area contributed by atoms with Crippen molar-refractivity contribution in [1.82, 2.24) is 9.55 Å². The molecular weight excluding hydrogens is 308 g/mol. The summed E-state index contributed by atoms with van der Waals surface area (Å²) in [4.78, 5) is 15.1. The van der Waals surface area contributed by atoms with Gasteiger partial charge in [0.05, 0.1) is 17.9 Å². The Balaban J connectivity index is 2.00. The molecule has 0 aliphatic heterocycles. The minimum absolute atomic E-state index is 0.334. The molecule has 0 amide bonds. The number of hydrogen-bond donors (Lipinski definition) is 1. The number of nitrogens with zero attached hydrogens (tertiary/aromatic N) is 1. The minimum atomic E-state index is -0.334. The predicted octanol–water partition coefficient (Wildman–Crippen LogP) is 4.38. The van der Waals surface area contributed by atoms with Crippen LogP contribution in [0.3, 0.4) is 0 Å². The highest BCUT2D eigenvalue weighted by Crippen LogP contribution is 2.20. The molecule has 0 saturated heterocycles. The Kier molecular flexibility index (Phi) is 4.39. The van der Waals surface area contributed by atoms with Crippen molar-refractivity contribution in [3.05, 3.63) is 71.1 Å². The smallest absolute Gasteiger partial charge is 0.338 e. The summed E-state index contributed by atoms with van der Waals surface area (Å²) in [5.41, 5.74) is 3.31. The molecule has 2 aromatic carbocycles. The van der Waals surface area contributed by atoms with Crippen LogP contribution in [0.15, 0.2) is 60.8 Å². The lowest BCUT2D eigenvalue weighted by Gasteiger charge is -2.05. The van der Waals surface area contributed by atoms with Crippen LogP contribution in [-0.2, 0) is 4.74 Å². The molecule has 5 heteroatoms. The molecule has 1 N–H and O–H groups in total. The van der Waals surface area contributed by atoms with Gasteiger partial charge in [-0.3, -0.25) is 4.57 Å². The molecule has 0 unspecified atom stereocenters. The summed E-state index contributed by atoms with van der Waals surface area (Å²) in [6.07, 6.45) is 1.93. The molecule has 0 atom stereocenters. The Labute approximate surface area is 139 Å². The third-order valence-electron chi connectivity index (χ3n) is 3.44. The highest BCUT2D eigenvalue weighted by atomic mass is 32.1. The van der Waals surface area contributed by atoms with Crippen LogP contribution in [0, 0.1) is 4.77 Å². The van der Waals surface area contributed by atoms with Gasteiger partial charge in [0, 0.05) is 11.9 Å². The van der Waals surface area contributed by atoms with Crippen molar-refractivity contribution < 1.29 is 9.53 Å². The minimum Gasteiger partial charge on any atom is -0.462 e. The topological polar surface area (TPSA) is 47.0 Å². The Bertz CT molecular complexity index is 881. The summed E-state index contributed by atoms with van der Waals surface area (Å²) >= 11 is 5.41. The van der Waals surface area contributed by atoms with Crippen LogP contribution in [-0.4, -0.2) is 22.1 Å². The van der Waals surface area contributed by atoms with Crippen molar-refractivity contribution in [3.8, 4) is 16.9 Å². The molecule has 0 radical (unpaired) electrons. The fourth-order valence-electron chi connectivity index (χ4n) is 2.35. The van der Waals surface area contributed by atoms with E-state index in [2.05, 4.69) is 4.98 Å². The van der Waals surface area contributed by atoms with Crippen molar-refractivity contribution in [2.75, 3.05) is 6.61 Å². The van der Waals surface area contributed by atoms with Gasteiger partial charge >= 0.3 is 5.97 Å². The standard InChI is InChI=1S/C18H16N2O2S/c1-2-22-17(21)14-9-6-10-15(11-14)20-12-16(19-18(20)23)13-7-4-3-5-8-13/h3-12H,2H2,1H3,(H,19,23). The van der Waals surface area contributed by atoms with E-state index in [1.807, 2.05) is 53.2 Å². The van der Waals surface area contributed by atoms with Gasteiger partial charge in [0.25, 0.3) is 0 Å². The third kappa shape index (κ3) is 3.24. The van der Waals surface area contributed by atoms with E-state index in [9.17, 15) is 4.79 Å². The zero-order valence-corrected chi connectivity index (χ0v) is 13.5. The van der Waals surface area contributed by atoms with E-state index >= 15 is 0 Å². The van der Waals surface area contributed by atoms with E-state index in [1.165, 1.54) is 0 Å². The second-order valence-corrected chi connectivity index (χ2v) is 5.37. The van der Waals surface area contributed by atoms with Crippen molar-refractivity contribution in [1.29, 1.82) is 0 Å². The van der Waals surface area contributed by atoms with Crippen LogP contribution in [0.25, 0.3) is 16.9 Å². The van der Waals surface area contributed by atoms with Gasteiger partial charge < -0.3 is 9.72 Å². The zero-order chi connectivity index (χ0) is 16.2. The second-order valence-electron chi connectivity index (χ2n) is 4.98. The number of aromatic nitrogens is 2. The molecule has 3 aromatic rings. The molecule has 1 heterocycles. The maximum atomic E-state index is 11.9. The molecule has 4 nitrogen and oxygen atoms in total. The number of esters is 1. The number of carbonyl (C=O) groups excluding carboxylic acids is 1. The Morgan fingerprint density at radius 1 is 1.17 bits per heavy atom. The van der Waals surface area contributed by atoms with Gasteiger partial charge in [-0.1, -0.05) is 36.4 Å². The molecule has 3 rings (SSSR count). The Morgan fingerprint density at radius 2 is 1.96 bits per heavy atom. The van der Waals surface area contributed by atoms with Crippen LogP contribution < -0.4 is 0 Å². The quantitative estimate of drug-likeness (QED) is 0.572. The first-order chi connectivity index (χ1) is 11.2. The predicted molar refractivity (Wildman–Crippen MR) is 92.3 cm³/mol. The lowest BCUT2D eigenvalue weighted by atomic mass is 10.2. The van der Waals surface area contributed by atoms with Crippen molar-refractivity contribution in [2.45, 2.75) is 6.92 Å². The molecule has 0 aliphatic rings. The van der Waals surface area contributed by atoms with Crippen molar-refractivity contribution in [2.24, 2.45) is 0 Å². The summed E-state index contributed by atoms with van der Waals surface area (Å²) in [5, 5.41) is 0. The number of carbonyl (C=O) groups is 1. The summed E-state index contributed by atoms with van der Waals surface area (Å²) in [6, 6.07) is 17.2. The highest BCUT2D eigenvalue weighted by Gasteiger charge is 2.09. The molecule has 1 aromatic heterocycles. The lowest BCUT2D eigenvalue weighted by Crippen LogP contribution is -2.05. The van der Waals surface area contributed by atoms with E-state index < -0.39 is 0 Å². The summed E-state index contributed by atoms with van der Waals surface area (Å²) in [7, 11) is 0. The molecule has 0 spiro atoms. The number of ether oxygens (including phenoxy) is 1. The third-order valence-corrected chi connectivity index (χ3v) is 3.74. The van der Waals surface area contributed by atoms with Crippen LogP contribution in [0.2, 0.25) is 0 Å². The highest BCUT2D eigenvalue weighted by molar-refractivity contribution is 7.71. The summed E-state index contributed by atoms with van der Waals surface area (Å²) in [5.74, 6) is -0.334. The van der Waals surface area contributed by atoms with Crippen molar-refractivity contribution in [3.63, 3.8) is 0 Å². The average molecular weight is 324 g/mol. The maximum Gasteiger partial charge on any atom is 0.338 e. The molecule has 0 saturated carbocycles. The lowest BCUT2D eigenvalue weighted by molar-refractivity contribution is 0.0526. The van der Waals surface area contributed by atoms with E-state index in [4.69, 9.17) is 17.0 Å². The number of rotatable bonds is 4. The first kappa shape index (κ1) is 15.2. The molecule has 23 heavy (non-hydrogen) atoms. The van der Waals surface area contributed by atoms with Gasteiger partial charge in [0.1, 0.15) is 0 Å². The van der Waals surface area contributed by atoms with Gasteiger partial charge in [0.2, 0.25) is 0 Å². The number of hydrogen-bond acceptors (Lipinski definition) is 3. The van der Waals surface area contributed by atoms with Gasteiger partial charge in [-0.25, -0.2) is 4.79 Å². The van der Waals surface area contributed by atoms with Crippen LogP contribution >= 0.6 is 12.2 Å². The zero-order valence-electron chi connectivity index (χ0n) is 12.7. The molecular formula is C18H16N2O2S. The van der Waals surface area contributed by atoms with Gasteiger partial charge in [-0.05, 0) is 42.9 Å². The summed E-state index contributed by atoms with van der Waals surface area (Å²) < 4.78 is 7.46. The van der Waals surface area contributed by atoms with E-state index in [-0.39, 0.29) is 5.97 Å². The second kappa shape index (κ2) is 6.62.